The SMILES string of the molecule is O=C1CC(c2ccccc2)c2c(Cl)c(Cl)cc(Cl)c2N1. The van der Waals surface area contributed by atoms with Gasteiger partial charge in [-0.15, -0.1) is 0 Å². The molecule has 1 amide bonds. The summed E-state index contributed by atoms with van der Waals surface area (Å²) in [7, 11) is 0. The van der Waals surface area contributed by atoms with Gasteiger partial charge in [-0.05, 0) is 11.6 Å². The maximum absolute atomic E-state index is 11.9. The van der Waals surface area contributed by atoms with E-state index >= 15 is 0 Å². The third-order valence-electron chi connectivity index (χ3n) is 3.41. The van der Waals surface area contributed by atoms with Gasteiger partial charge in [0.1, 0.15) is 0 Å². The molecule has 102 valence electrons. The Labute approximate surface area is 131 Å². The summed E-state index contributed by atoms with van der Waals surface area (Å²) in [5, 5.41) is 4.03. The van der Waals surface area contributed by atoms with Crippen LogP contribution in [0.25, 0.3) is 0 Å². The summed E-state index contributed by atoms with van der Waals surface area (Å²) in [6, 6.07) is 11.3. The zero-order chi connectivity index (χ0) is 14.3. The van der Waals surface area contributed by atoms with Crippen molar-refractivity contribution in [3.05, 3.63) is 62.6 Å². The topological polar surface area (TPSA) is 29.1 Å². The first-order valence-electron chi connectivity index (χ1n) is 6.10. The molecule has 0 saturated heterocycles. The first-order valence-corrected chi connectivity index (χ1v) is 7.23. The Balaban J connectivity index is 2.24. The van der Waals surface area contributed by atoms with E-state index in [1.807, 2.05) is 30.3 Å². The van der Waals surface area contributed by atoms with Crippen molar-refractivity contribution in [2.45, 2.75) is 12.3 Å². The molecule has 1 unspecified atom stereocenters. The van der Waals surface area contributed by atoms with Crippen molar-refractivity contribution in [2.75, 3.05) is 5.32 Å². The fourth-order valence-electron chi connectivity index (χ4n) is 2.52. The van der Waals surface area contributed by atoms with Crippen LogP contribution < -0.4 is 5.32 Å². The second-order valence-corrected chi connectivity index (χ2v) is 5.85. The molecular formula is C15H10Cl3NO. The Bertz CT molecular complexity index is 685. The van der Waals surface area contributed by atoms with E-state index < -0.39 is 0 Å². The van der Waals surface area contributed by atoms with Gasteiger partial charge in [-0.1, -0.05) is 65.1 Å². The number of benzene rings is 2. The lowest BCUT2D eigenvalue weighted by molar-refractivity contribution is -0.116. The molecule has 0 bridgehead atoms. The Kier molecular flexibility index (Phi) is 3.63. The molecule has 1 aliphatic rings. The molecule has 0 radical (unpaired) electrons. The van der Waals surface area contributed by atoms with Gasteiger partial charge in [-0.3, -0.25) is 4.79 Å². The first-order chi connectivity index (χ1) is 9.58. The number of fused-ring (bicyclic) bond motifs is 1. The van der Waals surface area contributed by atoms with Crippen LogP contribution in [-0.2, 0) is 4.79 Å². The van der Waals surface area contributed by atoms with Gasteiger partial charge in [-0.25, -0.2) is 0 Å². The third-order valence-corrected chi connectivity index (χ3v) is 4.51. The second kappa shape index (κ2) is 5.28. The van der Waals surface area contributed by atoms with Gasteiger partial charge in [0.15, 0.2) is 0 Å². The minimum Gasteiger partial charge on any atom is -0.324 e. The summed E-state index contributed by atoms with van der Waals surface area (Å²) in [6.07, 6.45) is 0.327. The fourth-order valence-corrected chi connectivity index (χ4v) is 3.32. The van der Waals surface area contributed by atoms with E-state index in [-0.39, 0.29) is 11.8 Å². The van der Waals surface area contributed by atoms with E-state index in [0.29, 0.717) is 27.2 Å². The molecule has 5 heteroatoms. The monoisotopic (exact) mass is 325 g/mol. The fraction of sp³-hybridized carbons (Fsp3) is 0.133. The van der Waals surface area contributed by atoms with Crippen LogP contribution in [0.3, 0.4) is 0 Å². The number of hydrogen-bond acceptors (Lipinski definition) is 1. The number of amides is 1. The van der Waals surface area contributed by atoms with Crippen molar-refractivity contribution >= 4 is 46.4 Å². The van der Waals surface area contributed by atoms with E-state index in [4.69, 9.17) is 34.8 Å². The van der Waals surface area contributed by atoms with Crippen LogP contribution in [0.5, 0.6) is 0 Å². The van der Waals surface area contributed by atoms with Gasteiger partial charge < -0.3 is 5.32 Å². The summed E-state index contributed by atoms with van der Waals surface area (Å²) >= 11 is 18.6. The predicted octanol–water partition coefficient (Wildman–Crippen LogP) is 5.12. The van der Waals surface area contributed by atoms with Gasteiger partial charge >= 0.3 is 0 Å². The average Bonchev–Trinajstić information content (AvgIpc) is 2.45. The largest absolute Gasteiger partial charge is 0.324 e. The minimum absolute atomic E-state index is 0.0772. The molecule has 1 aliphatic heterocycles. The van der Waals surface area contributed by atoms with Gasteiger partial charge in [0.2, 0.25) is 5.91 Å². The van der Waals surface area contributed by atoms with Crippen LogP contribution >= 0.6 is 34.8 Å². The molecule has 0 aliphatic carbocycles. The number of carbonyl (C=O) groups excluding carboxylic acids is 1. The average molecular weight is 327 g/mol. The van der Waals surface area contributed by atoms with Gasteiger partial charge in [0, 0.05) is 17.9 Å². The van der Waals surface area contributed by atoms with Crippen molar-refractivity contribution in [3.63, 3.8) is 0 Å². The smallest absolute Gasteiger partial charge is 0.225 e. The lowest BCUT2D eigenvalue weighted by atomic mass is 9.85. The number of nitrogens with one attached hydrogen (secondary N) is 1. The summed E-state index contributed by atoms with van der Waals surface area (Å²) in [5.41, 5.74) is 2.37. The highest BCUT2D eigenvalue weighted by Crippen LogP contribution is 2.47. The molecule has 1 heterocycles. The van der Waals surface area contributed by atoms with Crippen molar-refractivity contribution in [1.29, 1.82) is 0 Å². The Morgan fingerprint density at radius 2 is 1.75 bits per heavy atom. The predicted molar refractivity (Wildman–Crippen MR) is 83.0 cm³/mol. The lowest BCUT2D eigenvalue weighted by Crippen LogP contribution is -2.24. The Morgan fingerprint density at radius 3 is 2.45 bits per heavy atom. The van der Waals surface area contributed by atoms with E-state index in [2.05, 4.69) is 5.32 Å². The van der Waals surface area contributed by atoms with Crippen LogP contribution in [0.15, 0.2) is 36.4 Å². The van der Waals surface area contributed by atoms with Crippen LogP contribution in [0, 0.1) is 0 Å². The Hall–Kier alpha value is -1.22. The first kappa shape index (κ1) is 13.7. The summed E-state index contributed by atoms with van der Waals surface area (Å²) in [6.45, 7) is 0. The molecule has 1 N–H and O–H groups in total. The van der Waals surface area contributed by atoms with Crippen molar-refractivity contribution in [2.24, 2.45) is 0 Å². The van der Waals surface area contributed by atoms with Gasteiger partial charge in [-0.2, -0.15) is 0 Å². The van der Waals surface area contributed by atoms with Gasteiger partial charge in [0.05, 0.1) is 20.8 Å². The van der Waals surface area contributed by atoms with E-state index in [0.717, 1.165) is 11.1 Å². The zero-order valence-corrected chi connectivity index (χ0v) is 12.6. The number of carbonyl (C=O) groups is 1. The normalized spacial score (nSPS) is 17.6. The molecule has 2 nitrogen and oxygen atoms in total. The molecule has 0 fully saturated rings. The lowest BCUT2D eigenvalue weighted by Gasteiger charge is -2.28. The van der Waals surface area contributed by atoms with Crippen molar-refractivity contribution in [1.82, 2.24) is 0 Å². The molecule has 0 saturated carbocycles. The number of hydrogen-bond donors (Lipinski definition) is 1. The van der Waals surface area contributed by atoms with Crippen molar-refractivity contribution < 1.29 is 4.79 Å². The molecule has 3 rings (SSSR count). The highest BCUT2D eigenvalue weighted by Gasteiger charge is 2.31. The number of halogens is 3. The summed E-state index contributed by atoms with van der Waals surface area (Å²) in [4.78, 5) is 11.9. The molecule has 2 aromatic carbocycles. The minimum atomic E-state index is -0.136. The van der Waals surface area contributed by atoms with Gasteiger partial charge in [0.25, 0.3) is 0 Å². The number of rotatable bonds is 1. The second-order valence-electron chi connectivity index (χ2n) is 4.66. The molecule has 0 spiro atoms. The van der Waals surface area contributed by atoms with Crippen LogP contribution in [0.4, 0.5) is 5.69 Å². The quantitative estimate of drug-likeness (QED) is 0.724. The molecule has 1 atom stereocenters. The summed E-state index contributed by atoms with van der Waals surface area (Å²) in [5.74, 6) is -0.213. The van der Waals surface area contributed by atoms with E-state index in [9.17, 15) is 4.79 Å². The maximum atomic E-state index is 11.9. The molecule has 0 aromatic heterocycles. The number of anilines is 1. The third kappa shape index (κ3) is 2.28. The zero-order valence-electron chi connectivity index (χ0n) is 10.3. The molecule has 2 aromatic rings. The Morgan fingerprint density at radius 1 is 1.05 bits per heavy atom. The standard InChI is InChI=1S/C15H10Cl3NO/c16-10-7-11(17)15-13(14(10)18)9(6-12(20)19-15)8-4-2-1-3-5-8/h1-5,7,9H,6H2,(H,19,20). The van der Waals surface area contributed by atoms with E-state index in [1.165, 1.54) is 0 Å². The molecular weight excluding hydrogens is 317 g/mol. The van der Waals surface area contributed by atoms with E-state index in [1.54, 1.807) is 6.07 Å². The van der Waals surface area contributed by atoms with Crippen molar-refractivity contribution in [3.8, 4) is 0 Å². The summed E-state index contributed by atoms with van der Waals surface area (Å²) < 4.78 is 0. The maximum Gasteiger partial charge on any atom is 0.225 e. The highest BCUT2D eigenvalue weighted by atomic mass is 35.5. The van der Waals surface area contributed by atoms with Crippen LogP contribution in [-0.4, -0.2) is 5.91 Å². The van der Waals surface area contributed by atoms with Crippen LogP contribution in [0.2, 0.25) is 15.1 Å². The highest BCUT2D eigenvalue weighted by molar-refractivity contribution is 6.45. The molecule has 20 heavy (non-hydrogen) atoms. The van der Waals surface area contributed by atoms with Crippen LogP contribution in [0.1, 0.15) is 23.5 Å².